The van der Waals surface area contributed by atoms with E-state index >= 15 is 4.39 Å². The summed E-state index contributed by atoms with van der Waals surface area (Å²) < 4.78 is 59.3. The Bertz CT molecular complexity index is 1860. The van der Waals surface area contributed by atoms with Crippen LogP contribution in [0.15, 0.2) is 23.4 Å². The molecule has 0 spiro atoms. The highest BCUT2D eigenvalue weighted by Gasteiger charge is 2.50. The zero-order valence-corrected chi connectivity index (χ0v) is 25.2. The fraction of sp³-hybridized carbons (Fsp3) is 0.450. The Labute approximate surface area is 250 Å². The van der Waals surface area contributed by atoms with Gasteiger partial charge < -0.3 is 35.3 Å². The average Bonchev–Trinajstić information content (AvgIpc) is 3.59. The molecule has 6 heterocycles. The molecule has 1 fully saturated rings. The number of fused-ring (bicyclic) bond motifs is 6. The van der Waals surface area contributed by atoms with Gasteiger partial charge in [-0.1, -0.05) is 12.2 Å². The van der Waals surface area contributed by atoms with Gasteiger partial charge in [-0.3, -0.25) is 27.9 Å². The summed E-state index contributed by atoms with van der Waals surface area (Å²) in [4.78, 5) is 42.4. The number of hydrogen-bond acceptors (Lipinski definition) is 15. The number of thiol groups is 1. The van der Waals surface area contributed by atoms with Gasteiger partial charge in [0.1, 0.15) is 36.4 Å². The Morgan fingerprint density at radius 2 is 2.05 bits per heavy atom. The van der Waals surface area contributed by atoms with Crippen LogP contribution in [0, 0.1) is 0 Å². The number of hydrogen-bond donors (Lipinski definition) is 6. The van der Waals surface area contributed by atoms with Crippen molar-refractivity contribution in [3.05, 3.63) is 40.3 Å². The molecular weight excluding hydrogens is 655 g/mol. The average molecular weight is 680 g/mol. The summed E-state index contributed by atoms with van der Waals surface area (Å²) >= 11 is 9.20. The van der Waals surface area contributed by atoms with Crippen molar-refractivity contribution in [2.45, 2.75) is 44.0 Å². The molecule has 23 heteroatoms. The molecule has 7 atom stereocenters. The van der Waals surface area contributed by atoms with Crippen molar-refractivity contribution in [2.75, 3.05) is 18.9 Å². The van der Waals surface area contributed by atoms with E-state index in [2.05, 4.69) is 37.2 Å². The van der Waals surface area contributed by atoms with Crippen LogP contribution in [-0.4, -0.2) is 75.6 Å². The molecule has 6 rings (SSSR count). The first kappa shape index (κ1) is 30.6. The van der Waals surface area contributed by atoms with E-state index in [-0.39, 0.29) is 41.7 Å². The maximum atomic E-state index is 15.9. The van der Waals surface area contributed by atoms with E-state index in [9.17, 15) is 19.4 Å². The molecule has 0 amide bonds. The van der Waals surface area contributed by atoms with Crippen LogP contribution < -0.4 is 17.0 Å². The van der Waals surface area contributed by atoms with Crippen molar-refractivity contribution in [3.8, 4) is 0 Å². The molecule has 4 aromatic rings. The molecule has 0 radical (unpaired) electrons. The van der Waals surface area contributed by atoms with Gasteiger partial charge in [-0.2, -0.15) is 4.98 Å². The zero-order chi connectivity index (χ0) is 30.7. The molecule has 232 valence electrons. The largest absolute Gasteiger partial charge is 0.386 e. The Kier molecular flexibility index (Phi) is 8.20. The van der Waals surface area contributed by atoms with Gasteiger partial charge in [-0.15, -0.1) is 0 Å². The van der Waals surface area contributed by atoms with E-state index in [1.165, 1.54) is 21.4 Å². The number of anilines is 1. The highest BCUT2D eigenvalue weighted by atomic mass is 32.7. The summed E-state index contributed by atoms with van der Waals surface area (Å²) in [5.74, 6) is -0.0603. The van der Waals surface area contributed by atoms with Gasteiger partial charge in [0.2, 0.25) is 5.95 Å². The molecule has 7 N–H and O–H groups in total. The SMILES string of the molecule is Nc1nc2c(ncn2[C@@H]2O[C@@H]3COP(=O)(S)OCCn4c(nc5cc(C(N)O)cnc54)COP(O)(=S)OC2[C@@H]3F)c(=O)[nH]1. The first-order valence-corrected chi connectivity index (χ1v) is 17.7. The number of alkyl halides is 1. The number of aromatic nitrogens is 7. The summed E-state index contributed by atoms with van der Waals surface area (Å²) in [6.45, 7) is -9.52. The third kappa shape index (κ3) is 6.13. The van der Waals surface area contributed by atoms with E-state index in [0.29, 0.717) is 11.2 Å². The zero-order valence-electron chi connectivity index (χ0n) is 21.7. The van der Waals surface area contributed by atoms with Crippen molar-refractivity contribution in [3.63, 3.8) is 0 Å². The number of aromatic amines is 1. The van der Waals surface area contributed by atoms with Crippen LogP contribution in [0.2, 0.25) is 0 Å². The molecule has 2 aliphatic heterocycles. The maximum Gasteiger partial charge on any atom is 0.386 e. The number of nitrogen functional groups attached to an aromatic ring is 1. The van der Waals surface area contributed by atoms with Crippen LogP contribution in [0.4, 0.5) is 10.3 Å². The third-order valence-electron chi connectivity index (χ3n) is 6.60. The number of halogens is 1. The first-order valence-electron chi connectivity index (χ1n) is 12.4. The minimum absolute atomic E-state index is 0.0229. The van der Waals surface area contributed by atoms with Gasteiger partial charge in [0, 0.05) is 18.3 Å². The van der Waals surface area contributed by atoms with Gasteiger partial charge >= 0.3 is 13.5 Å². The number of aliphatic hydroxyl groups excluding tert-OH is 1. The van der Waals surface area contributed by atoms with Crippen molar-refractivity contribution in [2.24, 2.45) is 5.73 Å². The maximum absolute atomic E-state index is 15.9. The predicted octanol–water partition coefficient (Wildman–Crippen LogP) is 0.535. The van der Waals surface area contributed by atoms with Gasteiger partial charge in [0.05, 0.1) is 19.5 Å². The van der Waals surface area contributed by atoms with Crippen LogP contribution in [0.1, 0.15) is 23.8 Å². The van der Waals surface area contributed by atoms with E-state index < -0.39 is 63.1 Å². The number of H-pyrrole nitrogens is 1. The van der Waals surface area contributed by atoms with E-state index in [1.54, 1.807) is 0 Å². The molecule has 4 unspecified atom stereocenters. The number of nitrogens with zero attached hydrogens (tertiary/aromatic N) is 6. The monoisotopic (exact) mass is 679 g/mol. The van der Waals surface area contributed by atoms with Gasteiger partial charge in [0.25, 0.3) is 5.56 Å². The summed E-state index contributed by atoms with van der Waals surface area (Å²) in [6, 6.07) is 1.50. The minimum atomic E-state index is -4.23. The Balaban J connectivity index is 1.37. The van der Waals surface area contributed by atoms with Crippen LogP contribution >= 0.6 is 25.8 Å². The van der Waals surface area contributed by atoms with Crippen molar-refractivity contribution < 1.29 is 41.8 Å². The van der Waals surface area contributed by atoms with E-state index in [0.717, 1.165) is 6.33 Å². The lowest BCUT2D eigenvalue weighted by Crippen LogP contribution is -2.32. The smallest absolute Gasteiger partial charge is 0.374 e. The molecule has 0 aromatic carbocycles. The molecule has 1 saturated heterocycles. The molecule has 0 aliphatic carbocycles. The van der Waals surface area contributed by atoms with Crippen LogP contribution in [0.3, 0.4) is 0 Å². The number of nitrogens with one attached hydrogen (secondary N) is 1. The topological polar surface area (TPSA) is 250 Å². The van der Waals surface area contributed by atoms with Gasteiger partial charge in [-0.05, 0) is 17.9 Å². The molecule has 43 heavy (non-hydrogen) atoms. The fourth-order valence-corrected chi connectivity index (χ4v) is 7.14. The van der Waals surface area contributed by atoms with Gasteiger partial charge in [-0.25, -0.2) is 23.9 Å². The minimum Gasteiger partial charge on any atom is -0.374 e. The van der Waals surface area contributed by atoms with Crippen molar-refractivity contribution >= 4 is 65.8 Å². The number of imidazole rings is 2. The van der Waals surface area contributed by atoms with E-state index in [4.69, 9.17) is 46.1 Å². The van der Waals surface area contributed by atoms with Crippen LogP contribution in [0.25, 0.3) is 22.3 Å². The second kappa shape index (κ2) is 11.5. The standard InChI is InChI=1S/C20H24FN9O9P2S2/c21-12-10-5-36-40(33,42)35-2-1-29-11(26-9-3-8(15(22)31)4-24-16(9)29)6-37-41(34,43)39-14(12)19(38-10)30-7-25-13-17(30)27-20(23)28-18(13)32/h3-4,7,10,12,14-15,19,31H,1-2,5-6,22H2,(H,33,42)(H,34,43)(H3,23,27,28,32)/t10-,12-,14?,15?,19-,40?,41?/m1/s1. The highest BCUT2D eigenvalue weighted by Crippen LogP contribution is 2.55. The number of pyridine rings is 1. The summed E-state index contributed by atoms with van der Waals surface area (Å²) in [6.07, 6.45) is -5.33. The summed E-state index contributed by atoms with van der Waals surface area (Å²) in [5, 5.41) is 9.74. The van der Waals surface area contributed by atoms with Crippen LogP contribution in [0.5, 0.6) is 0 Å². The Morgan fingerprint density at radius 3 is 2.81 bits per heavy atom. The lowest BCUT2D eigenvalue weighted by Gasteiger charge is -2.25. The number of aliphatic hydroxyl groups is 1. The number of nitrogens with two attached hydrogens (primary N) is 2. The van der Waals surface area contributed by atoms with Crippen LogP contribution in [-0.2, 0) is 52.4 Å². The molecule has 18 nitrogen and oxygen atoms in total. The van der Waals surface area contributed by atoms with E-state index in [1.807, 2.05) is 0 Å². The number of ether oxygens (including phenoxy) is 1. The molecular formula is C20H24FN9O9P2S2. The molecule has 0 saturated carbocycles. The Morgan fingerprint density at radius 1 is 1.26 bits per heavy atom. The predicted molar refractivity (Wildman–Crippen MR) is 153 cm³/mol. The second-order valence-corrected chi connectivity index (χ2v) is 15.1. The fourth-order valence-electron chi connectivity index (χ4n) is 4.65. The van der Waals surface area contributed by atoms with Crippen molar-refractivity contribution in [1.82, 2.24) is 34.1 Å². The quantitative estimate of drug-likeness (QED) is 0.0960. The molecule has 2 bridgehead atoms. The van der Waals surface area contributed by atoms with Crippen molar-refractivity contribution in [1.29, 1.82) is 0 Å². The second-order valence-electron chi connectivity index (χ2n) is 9.43. The van der Waals surface area contributed by atoms with Gasteiger partial charge in [0.15, 0.2) is 29.2 Å². The molecule has 2 aliphatic rings. The normalized spacial score (nSPS) is 31.5. The lowest BCUT2D eigenvalue weighted by molar-refractivity contribution is -0.0455. The highest BCUT2D eigenvalue weighted by molar-refractivity contribution is 8.44. The third-order valence-corrected chi connectivity index (χ3v) is 9.82. The number of rotatable bonds is 2. The molecule has 4 aromatic heterocycles. The lowest BCUT2D eigenvalue weighted by atomic mass is 10.1. The Hall–Kier alpha value is -2.39. The first-order chi connectivity index (χ1) is 20.3. The summed E-state index contributed by atoms with van der Waals surface area (Å²) in [5.41, 5.74) is 11.3. The summed E-state index contributed by atoms with van der Waals surface area (Å²) in [7, 11) is 0.